The van der Waals surface area contributed by atoms with E-state index in [-0.39, 0.29) is 23.5 Å². The van der Waals surface area contributed by atoms with Gasteiger partial charge in [0.15, 0.2) is 0 Å². The van der Waals surface area contributed by atoms with Crippen molar-refractivity contribution in [3.63, 3.8) is 0 Å². The summed E-state index contributed by atoms with van der Waals surface area (Å²) in [6.07, 6.45) is 1.76. The Labute approximate surface area is 181 Å². The summed E-state index contributed by atoms with van der Waals surface area (Å²) in [4.78, 5) is 42.5. The topological polar surface area (TPSA) is 87.0 Å². The van der Waals surface area contributed by atoms with Crippen LogP contribution in [-0.2, 0) is 4.79 Å². The van der Waals surface area contributed by atoms with Crippen molar-refractivity contribution in [3.05, 3.63) is 69.8 Å². The molecule has 2 saturated heterocycles. The molecule has 2 amide bonds. The lowest BCUT2D eigenvalue weighted by Crippen LogP contribution is -2.58. The van der Waals surface area contributed by atoms with Crippen LogP contribution < -0.4 is 4.90 Å². The van der Waals surface area contributed by atoms with Gasteiger partial charge in [-0.2, -0.15) is 0 Å². The Balaban J connectivity index is 1.40. The van der Waals surface area contributed by atoms with E-state index in [0.29, 0.717) is 37.3 Å². The number of benzene rings is 2. The molecule has 1 atom stereocenters. The normalized spacial score (nSPS) is 20.0. The highest BCUT2D eigenvalue weighted by Gasteiger charge is 2.36. The summed E-state index contributed by atoms with van der Waals surface area (Å²) in [5, 5.41) is 11.2. The molecule has 162 valence electrons. The summed E-state index contributed by atoms with van der Waals surface area (Å²) in [5.41, 5.74) is 1.74. The monoisotopic (exact) mass is 422 g/mol. The number of para-hydroxylation sites is 1. The maximum Gasteiger partial charge on any atom is 0.273 e. The zero-order chi connectivity index (χ0) is 22.0. The molecule has 2 fully saturated rings. The highest BCUT2D eigenvalue weighted by atomic mass is 16.6. The number of carbonyl (C=O) groups excluding carboxylic acids is 2. The predicted octanol–water partition coefficient (Wildman–Crippen LogP) is 2.86. The maximum absolute atomic E-state index is 13.1. The van der Waals surface area contributed by atoms with Crippen molar-refractivity contribution >= 4 is 23.2 Å². The average molecular weight is 422 g/mol. The first kappa shape index (κ1) is 21.0. The quantitative estimate of drug-likeness (QED) is 0.559. The summed E-state index contributed by atoms with van der Waals surface area (Å²) >= 11 is 0. The molecule has 4 rings (SSSR count). The SMILES string of the molecule is Cc1ccc(C(=O)N2CCN([C@@H]3CCCN(c4ccccc4)C3=O)CC2)cc1[N+](=O)[O-]. The van der Waals surface area contributed by atoms with E-state index in [1.807, 2.05) is 35.2 Å². The van der Waals surface area contributed by atoms with Gasteiger partial charge >= 0.3 is 0 Å². The van der Waals surface area contributed by atoms with Crippen LogP contribution in [0.3, 0.4) is 0 Å². The van der Waals surface area contributed by atoms with Crippen molar-refractivity contribution < 1.29 is 14.5 Å². The largest absolute Gasteiger partial charge is 0.336 e. The van der Waals surface area contributed by atoms with Crippen LogP contribution in [-0.4, -0.2) is 65.3 Å². The van der Waals surface area contributed by atoms with Crippen molar-refractivity contribution in [2.24, 2.45) is 0 Å². The average Bonchev–Trinajstić information content (AvgIpc) is 2.79. The van der Waals surface area contributed by atoms with Gasteiger partial charge in [0.2, 0.25) is 5.91 Å². The standard InChI is InChI=1S/C23H26N4O4/c1-17-9-10-18(16-21(17)27(30)31)22(28)25-14-12-24(13-15-25)20-8-5-11-26(23(20)29)19-6-3-2-4-7-19/h2-4,6-7,9-10,16,20H,5,8,11-15H2,1H3/t20-/m1/s1. The fourth-order valence-corrected chi connectivity index (χ4v) is 4.42. The number of rotatable bonds is 4. The van der Waals surface area contributed by atoms with E-state index >= 15 is 0 Å². The lowest BCUT2D eigenvalue weighted by atomic mass is 10.0. The molecule has 2 aliphatic heterocycles. The summed E-state index contributed by atoms with van der Waals surface area (Å²) in [7, 11) is 0. The third kappa shape index (κ3) is 4.29. The third-order valence-corrected chi connectivity index (χ3v) is 6.17. The summed E-state index contributed by atoms with van der Waals surface area (Å²) in [6.45, 7) is 4.60. The molecule has 8 nitrogen and oxygen atoms in total. The van der Waals surface area contributed by atoms with E-state index < -0.39 is 4.92 Å². The minimum atomic E-state index is -0.461. The summed E-state index contributed by atoms with van der Waals surface area (Å²) < 4.78 is 0. The minimum absolute atomic E-state index is 0.0432. The highest BCUT2D eigenvalue weighted by Crippen LogP contribution is 2.25. The van der Waals surface area contributed by atoms with Gasteiger partial charge in [0.1, 0.15) is 0 Å². The number of nitro groups is 1. The Morgan fingerprint density at radius 1 is 1.03 bits per heavy atom. The Morgan fingerprint density at radius 3 is 2.42 bits per heavy atom. The number of hydrogen-bond donors (Lipinski definition) is 0. The first-order valence-electron chi connectivity index (χ1n) is 10.6. The molecule has 0 bridgehead atoms. The Hall–Kier alpha value is -3.26. The van der Waals surface area contributed by atoms with Gasteiger partial charge in [0.25, 0.3) is 11.6 Å². The zero-order valence-corrected chi connectivity index (χ0v) is 17.6. The van der Waals surface area contributed by atoms with Crippen molar-refractivity contribution in [2.75, 3.05) is 37.6 Å². The molecule has 2 aromatic rings. The molecule has 0 N–H and O–H groups in total. The molecule has 0 unspecified atom stereocenters. The van der Waals surface area contributed by atoms with Gasteiger partial charge < -0.3 is 9.80 Å². The highest BCUT2D eigenvalue weighted by molar-refractivity contribution is 5.98. The second-order valence-electron chi connectivity index (χ2n) is 8.07. The lowest BCUT2D eigenvalue weighted by Gasteiger charge is -2.42. The Kier molecular flexibility index (Phi) is 5.99. The lowest BCUT2D eigenvalue weighted by molar-refractivity contribution is -0.385. The van der Waals surface area contributed by atoms with E-state index in [9.17, 15) is 19.7 Å². The van der Waals surface area contributed by atoms with Crippen LogP contribution in [0.5, 0.6) is 0 Å². The number of aryl methyl sites for hydroxylation is 1. The van der Waals surface area contributed by atoms with E-state index in [4.69, 9.17) is 0 Å². The van der Waals surface area contributed by atoms with Gasteiger partial charge in [-0.15, -0.1) is 0 Å². The fourth-order valence-electron chi connectivity index (χ4n) is 4.42. The number of nitro benzene ring substituents is 1. The van der Waals surface area contributed by atoms with Crippen LogP contribution in [0.15, 0.2) is 48.5 Å². The fraction of sp³-hybridized carbons (Fsp3) is 0.391. The molecule has 2 heterocycles. The molecule has 8 heteroatoms. The van der Waals surface area contributed by atoms with Crippen molar-refractivity contribution in [1.29, 1.82) is 0 Å². The molecule has 31 heavy (non-hydrogen) atoms. The van der Waals surface area contributed by atoms with Crippen molar-refractivity contribution in [2.45, 2.75) is 25.8 Å². The summed E-state index contributed by atoms with van der Waals surface area (Å²) in [5.74, 6) is -0.0879. The van der Waals surface area contributed by atoms with Crippen LogP contribution in [0.2, 0.25) is 0 Å². The number of amides is 2. The number of nitrogens with zero attached hydrogens (tertiary/aromatic N) is 4. The molecular formula is C23H26N4O4. The third-order valence-electron chi connectivity index (χ3n) is 6.17. The molecule has 0 radical (unpaired) electrons. The van der Waals surface area contributed by atoms with Gasteiger partial charge in [-0.1, -0.05) is 24.3 Å². The first-order valence-corrected chi connectivity index (χ1v) is 10.6. The van der Waals surface area contributed by atoms with Crippen LogP contribution in [0, 0.1) is 17.0 Å². The maximum atomic E-state index is 13.1. The number of piperazine rings is 1. The number of anilines is 1. The number of hydrogen-bond acceptors (Lipinski definition) is 5. The Morgan fingerprint density at radius 2 is 1.74 bits per heavy atom. The second-order valence-corrected chi connectivity index (χ2v) is 8.07. The van der Waals surface area contributed by atoms with Crippen LogP contribution in [0.1, 0.15) is 28.8 Å². The van der Waals surface area contributed by atoms with Crippen LogP contribution >= 0.6 is 0 Å². The molecule has 0 aliphatic carbocycles. The van der Waals surface area contributed by atoms with Gasteiger partial charge in [-0.3, -0.25) is 24.6 Å². The van der Waals surface area contributed by atoms with Crippen molar-refractivity contribution in [3.8, 4) is 0 Å². The van der Waals surface area contributed by atoms with E-state index in [0.717, 1.165) is 25.1 Å². The van der Waals surface area contributed by atoms with Crippen molar-refractivity contribution in [1.82, 2.24) is 9.80 Å². The molecule has 0 aromatic heterocycles. The van der Waals surface area contributed by atoms with E-state index in [1.54, 1.807) is 24.0 Å². The molecule has 0 spiro atoms. The molecule has 0 saturated carbocycles. The van der Waals surface area contributed by atoms with Gasteiger partial charge in [0.05, 0.1) is 11.0 Å². The molecular weight excluding hydrogens is 396 g/mol. The van der Waals surface area contributed by atoms with Gasteiger partial charge in [-0.05, 0) is 38.0 Å². The Bertz CT molecular complexity index is 986. The molecule has 2 aromatic carbocycles. The summed E-state index contributed by atoms with van der Waals surface area (Å²) in [6, 6.07) is 14.2. The van der Waals surface area contributed by atoms with Gasteiger partial charge in [0, 0.05) is 55.6 Å². The van der Waals surface area contributed by atoms with Crippen LogP contribution in [0.25, 0.3) is 0 Å². The van der Waals surface area contributed by atoms with E-state index in [2.05, 4.69) is 4.90 Å². The minimum Gasteiger partial charge on any atom is -0.336 e. The second kappa shape index (κ2) is 8.85. The van der Waals surface area contributed by atoms with E-state index in [1.165, 1.54) is 6.07 Å². The number of carbonyl (C=O) groups is 2. The predicted molar refractivity (Wildman–Crippen MR) is 117 cm³/mol. The first-order chi connectivity index (χ1) is 15.0. The number of piperidine rings is 1. The molecule has 2 aliphatic rings. The smallest absolute Gasteiger partial charge is 0.273 e. The van der Waals surface area contributed by atoms with Crippen LogP contribution in [0.4, 0.5) is 11.4 Å². The zero-order valence-electron chi connectivity index (χ0n) is 17.6. The van der Waals surface area contributed by atoms with Gasteiger partial charge in [-0.25, -0.2) is 0 Å².